The molecule has 1 aromatic heterocycles. The van der Waals surface area contributed by atoms with E-state index >= 15 is 0 Å². The number of hydrogen-bond donors (Lipinski definition) is 0. The number of nitrogens with zero attached hydrogens (tertiary/aromatic N) is 3. The molecule has 1 aromatic carbocycles. The molecule has 2 aromatic rings. The van der Waals surface area contributed by atoms with E-state index in [2.05, 4.69) is 32.0 Å². The van der Waals surface area contributed by atoms with Crippen molar-refractivity contribution in [1.29, 1.82) is 5.26 Å². The Kier molecular flexibility index (Phi) is 4.48. The van der Waals surface area contributed by atoms with Crippen LogP contribution in [0.1, 0.15) is 18.3 Å². The first kappa shape index (κ1) is 13.5. The van der Waals surface area contributed by atoms with Crippen molar-refractivity contribution in [2.45, 2.75) is 19.8 Å². The summed E-state index contributed by atoms with van der Waals surface area (Å²) in [7, 11) is 0. The SMILES string of the molecule is CCc1nc(Br)cc(Oc2ccc(CC#N)cc2)n1. The Labute approximate surface area is 120 Å². The number of hydrogen-bond acceptors (Lipinski definition) is 4. The summed E-state index contributed by atoms with van der Waals surface area (Å²) in [5.74, 6) is 1.92. The van der Waals surface area contributed by atoms with Gasteiger partial charge in [0.25, 0.3) is 0 Å². The molecule has 2 rings (SSSR count). The Morgan fingerprint density at radius 2 is 2.00 bits per heavy atom. The summed E-state index contributed by atoms with van der Waals surface area (Å²) < 4.78 is 6.37. The standard InChI is InChI=1S/C14H12BrN3O/c1-2-13-17-12(15)9-14(18-13)19-11-5-3-10(4-6-11)7-8-16/h3-6,9H,2,7H2,1H3. The van der Waals surface area contributed by atoms with E-state index in [0.29, 0.717) is 22.7 Å². The Morgan fingerprint density at radius 3 is 2.63 bits per heavy atom. The summed E-state index contributed by atoms with van der Waals surface area (Å²) in [5.41, 5.74) is 0.966. The van der Waals surface area contributed by atoms with Crippen molar-refractivity contribution < 1.29 is 4.74 Å². The molecule has 96 valence electrons. The highest BCUT2D eigenvalue weighted by atomic mass is 79.9. The van der Waals surface area contributed by atoms with E-state index in [9.17, 15) is 0 Å². The minimum absolute atomic E-state index is 0.402. The van der Waals surface area contributed by atoms with Gasteiger partial charge in [-0.25, -0.2) is 4.98 Å². The maximum absolute atomic E-state index is 8.61. The smallest absolute Gasteiger partial charge is 0.223 e. The fraction of sp³-hybridized carbons (Fsp3) is 0.214. The van der Waals surface area contributed by atoms with Crippen molar-refractivity contribution in [2.75, 3.05) is 0 Å². The first-order valence-electron chi connectivity index (χ1n) is 5.88. The van der Waals surface area contributed by atoms with Gasteiger partial charge in [0, 0.05) is 12.5 Å². The van der Waals surface area contributed by atoms with Gasteiger partial charge in [0.2, 0.25) is 5.88 Å². The van der Waals surface area contributed by atoms with Crippen molar-refractivity contribution in [2.24, 2.45) is 0 Å². The van der Waals surface area contributed by atoms with E-state index < -0.39 is 0 Å². The highest BCUT2D eigenvalue weighted by Gasteiger charge is 2.04. The van der Waals surface area contributed by atoms with Crippen LogP contribution in [0.15, 0.2) is 34.9 Å². The third-order valence-corrected chi connectivity index (χ3v) is 2.87. The minimum Gasteiger partial charge on any atom is -0.439 e. The van der Waals surface area contributed by atoms with Crippen LogP contribution in [0, 0.1) is 11.3 Å². The van der Waals surface area contributed by atoms with Gasteiger partial charge in [-0.15, -0.1) is 0 Å². The molecule has 0 aliphatic carbocycles. The summed E-state index contributed by atoms with van der Waals surface area (Å²) in [4.78, 5) is 8.51. The van der Waals surface area contributed by atoms with Crippen LogP contribution < -0.4 is 4.74 Å². The van der Waals surface area contributed by atoms with Crippen LogP contribution >= 0.6 is 15.9 Å². The van der Waals surface area contributed by atoms with Crippen LogP contribution in [0.2, 0.25) is 0 Å². The van der Waals surface area contributed by atoms with Crippen molar-refractivity contribution in [3.63, 3.8) is 0 Å². The number of nitriles is 1. The molecule has 0 bridgehead atoms. The Hall–Kier alpha value is -1.93. The molecule has 4 nitrogen and oxygen atoms in total. The number of halogens is 1. The van der Waals surface area contributed by atoms with Gasteiger partial charge in [-0.05, 0) is 33.6 Å². The van der Waals surface area contributed by atoms with Gasteiger partial charge in [-0.2, -0.15) is 10.2 Å². The molecule has 0 atom stereocenters. The molecule has 0 fully saturated rings. The topological polar surface area (TPSA) is 58.8 Å². The monoisotopic (exact) mass is 317 g/mol. The van der Waals surface area contributed by atoms with Crippen LogP contribution in [0.4, 0.5) is 0 Å². The van der Waals surface area contributed by atoms with Gasteiger partial charge >= 0.3 is 0 Å². The predicted molar refractivity (Wildman–Crippen MR) is 74.9 cm³/mol. The molecule has 0 saturated heterocycles. The van der Waals surface area contributed by atoms with Crippen LogP contribution in [-0.2, 0) is 12.8 Å². The molecule has 0 N–H and O–H groups in total. The molecular formula is C14H12BrN3O. The molecule has 0 aliphatic rings. The van der Waals surface area contributed by atoms with Crippen LogP contribution in [0.25, 0.3) is 0 Å². The molecule has 0 amide bonds. The number of aryl methyl sites for hydroxylation is 1. The average Bonchev–Trinajstić information content (AvgIpc) is 2.40. The molecule has 0 unspecified atom stereocenters. The lowest BCUT2D eigenvalue weighted by atomic mass is 10.2. The maximum Gasteiger partial charge on any atom is 0.223 e. The zero-order chi connectivity index (χ0) is 13.7. The summed E-state index contributed by atoms with van der Waals surface area (Å²) in [6.45, 7) is 1.99. The van der Waals surface area contributed by atoms with E-state index in [4.69, 9.17) is 10.00 Å². The lowest BCUT2D eigenvalue weighted by molar-refractivity contribution is 0.458. The molecule has 5 heteroatoms. The Bertz CT molecular complexity index is 605. The summed E-state index contributed by atoms with van der Waals surface area (Å²) in [5, 5.41) is 8.61. The van der Waals surface area contributed by atoms with Gasteiger partial charge in [0.15, 0.2) is 0 Å². The molecular weight excluding hydrogens is 306 g/mol. The summed E-state index contributed by atoms with van der Waals surface area (Å²) in [6, 6.07) is 11.2. The number of rotatable bonds is 4. The van der Waals surface area contributed by atoms with Gasteiger partial charge in [-0.1, -0.05) is 19.1 Å². The number of aromatic nitrogens is 2. The van der Waals surface area contributed by atoms with E-state index in [1.807, 2.05) is 31.2 Å². The van der Waals surface area contributed by atoms with E-state index in [1.54, 1.807) is 6.07 Å². The van der Waals surface area contributed by atoms with Crippen LogP contribution in [0.3, 0.4) is 0 Å². The lowest BCUT2D eigenvalue weighted by Crippen LogP contribution is -1.96. The fourth-order valence-corrected chi connectivity index (χ4v) is 1.94. The van der Waals surface area contributed by atoms with Gasteiger partial charge < -0.3 is 4.74 Å². The van der Waals surface area contributed by atoms with Crippen molar-refractivity contribution >= 4 is 15.9 Å². The quantitative estimate of drug-likeness (QED) is 0.807. The largest absolute Gasteiger partial charge is 0.439 e. The molecule has 0 radical (unpaired) electrons. The first-order valence-corrected chi connectivity index (χ1v) is 6.67. The van der Waals surface area contributed by atoms with Gasteiger partial charge in [-0.3, -0.25) is 0 Å². The second-order valence-corrected chi connectivity index (χ2v) is 4.69. The second-order valence-electron chi connectivity index (χ2n) is 3.88. The second kappa shape index (κ2) is 6.30. The van der Waals surface area contributed by atoms with Crippen LogP contribution in [-0.4, -0.2) is 9.97 Å². The van der Waals surface area contributed by atoms with Crippen molar-refractivity contribution in [1.82, 2.24) is 9.97 Å². The minimum atomic E-state index is 0.402. The lowest BCUT2D eigenvalue weighted by Gasteiger charge is -2.06. The van der Waals surface area contributed by atoms with Crippen molar-refractivity contribution in [3.8, 4) is 17.7 Å². The normalized spacial score (nSPS) is 9.95. The predicted octanol–water partition coefficient (Wildman–Crippen LogP) is 3.66. The fourth-order valence-electron chi connectivity index (χ4n) is 1.54. The van der Waals surface area contributed by atoms with E-state index in [1.165, 1.54) is 0 Å². The summed E-state index contributed by atoms with van der Waals surface area (Å²) >= 11 is 3.33. The average molecular weight is 318 g/mol. The van der Waals surface area contributed by atoms with E-state index in [0.717, 1.165) is 17.8 Å². The third kappa shape index (κ3) is 3.76. The molecule has 0 aliphatic heterocycles. The molecule has 19 heavy (non-hydrogen) atoms. The Balaban J connectivity index is 2.16. The first-order chi connectivity index (χ1) is 9.21. The third-order valence-electron chi connectivity index (χ3n) is 2.46. The maximum atomic E-state index is 8.61. The van der Waals surface area contributed by atoms with Crippen molar-refractivity contribution in [3.05, 3.63) is 46.3 Å². The zero-order valence-corrected chi connectivity index (χ0v) is 12.0. The highest BCUT2D eigenvalue weighted by molar-refractivity contribution is 9.10. The molecule has 0 spiro atoms. The molecule has 0 saturated carbocycles. The number of ether oxygens (including phenoxy) is 1. The van der Waals surface area contributed by atoms with Gasteiger partial charge in [0.05, 0.1) is 12.5 Å². The highest BCUT2D eigenvalue weighted by Crippen LogP contribution is 2.22. The molecule has 1 heterocycles. The Morgan fingerprint density at radius 1 is 1.26 bits per heavy atom. The van der Waals surface area contributed by atoms with Crippen LogP contribution in [0.5, 0.6) is 11.6 Å². The summed E-state index contributed by atoms with van der Waals surface area (Å²) in [6.07, 6.45) is 1.15. The van der Waals surface area contributed by atoms with E-state index in [-0.39, 0.29) is 0 Å². The van der Waals surface area contributed by atoms with Gasteiger partial charge in [0.1, 0.15) is 16.2 Å². The number of benzene rings is 1. The zero-order valence-electron chi connectivity index (χ0n) is 10.4.